The number of anilines is 1. The molecule has 0 radical (unpaired) electrons. The SMILES string of the molecule is CCCn1c(SCC(=O)Nc2ccccc2-c2ccccc2)nc2cc(Cl)ccc2c1=O. The number of hydrogen-bond acceptors (Lipinski definition) is 4. The smallest absolute Gasteiger partial charge is 0.262 e. The predicted octanol–water partition coefficient (Wildman–Crippen LogP) is 5.86. The molecule has 1 heterocycles. The minimum Gasteiger partial charge on any atom is -0.325 e. The molecule has 1 aromatic heterocycles. The van der Waals surface area contributed by atoms with Gasteiger partial charge in [0.1, 0.15) is 0 Å². The number of carbonyl (C=O) groups is 1. The number of aromatic nitrogens is 2. The van der Waals surface area contributed by atoms with E-state index in [4.69, 9.17) is 11.6 Å². The third kappa shape index (κ3) is 4.87. The number of amides is 1. The average molecular weight is 464 g/mol. The van der Waals surface area contributed by atoms with Gasteiger partial charge in [-0.25, -0.2) is 4.98 Å². The van der Waals surface area contributed by atoms with E-state index in [9.17, 15) is 9.59 Å². The van der Waals surface area contributed by atoms with Crippen LogP contribution in [-0.4, -0.2) is 21.2 Å². The zero-order chi connectivity index (χ0) is 22.5. The van der Waals surface area contributed by atoms with Crippen LogP contribution in [-0.2, 0) is 11.3 Å². The number of hydrogen-bond donors (Lipinski definition) is 1. The summed E-state index contributed by atoms with van der Waals surface area (Å²) in [6, 6.07) is 22.7. The van der Waals surface area contributed by atoms with Gasteiger partial charge < -0.3 is 5.32 Å². The van der Waals surface area contributed by atoms with E-state index >= 15 is 0 Å². The molecule has 5 nitrogen and oxygen atoms in total. The molecule has 0 atom stereocenters. The van der Waals surface area contributed by atoms with Crippen molar-refractivity contribution in [1.82, 2.24) is 9.55 Å². The Bertz CT molecular complexity index is 1320. The van der Waals surface area contributed by atoms with Crippen molar-refractivity contribution in [2.45, 2.75) is 25.0 Å². The number of fused-ring (bicyclic) bond motifs is 1. The van der Waals surface area contributed by atoms with Crippen LogP contribution in [0.5, 0.6) is 0 Å². The van der Waals surface area contributed by atoms with Gasteiger partial charge >= 0.3 is 0 Å². The predicted molar refractivity (Wildman–Crippen MR) is 133 cm³/mol. The van der Waals surface area contributed by atoms with E-state index < -0.39 is 0 Å². The van der Waals surface area contributed by atoms with Crippen molar-refractivity contribution in [3.8, 4) is 11.1 Å². The van der Waals surface area contributed by atoms with E-state index in [-0.39, 0.29) is 17.2 Å². The Hall–Kier alpha value is -3.09. The van der Waals surface area contributed by atoms with Crippen LogP contribution in [0, 0.1) is 0 Å². The lowest BCUT2D eigenvalue weighted by atomic mass is 10.0. The molecule has 0 aliphatic rings. The molecule has 1 N–H and O–H groups in total. The van der Waals surface area contributed by atoms with Gasteiger partial charge in [-0.2, -0.15) is 0 Å². The number of para-hydroxylation sites is 1. The Morgan fingerprint density at radius 3 is 2.59 bits per heavy atom. The monoisotopic (exact) mass is 463 g/mol. The molecular formula is C25H22ClN3O2S. The van der Waals surface area contributed by atoms with Crippen molar-refractivity contribution >= 4 is 45.9 Å². The number of nitrogens with one attached hydrogen (secondary N) is 1. The molecule has 4 aromatic rings. The van der Waals surface area contributed by atoms with Crippen LogP contribution in [0.4, 0.5) is 5.69 Å². The van der Waals surface area contributed by atoms with Gasteiger partial charge in [0.15, 0.2) is 5.16 Å². The lowest BCUT2D eigenvalue weighted by Crippen LogP contribution is -2.24. The van der Waals surface area contributed by atoms with Gasteiger partial charge in [-0.05, 0) is 36.2 Å². The highest BCUT2D eigenvalue weighted by atomic mass is 35.5. The summed E-state index contributed by atoms with van der Waals surface area (Å²) in [7, 11) is 0. The first-order valence-electron chi connectivity index (χ1n) is 10.3. The van der Waals surface area contributed by atoms with E-state index in [1.807, 2.05) is 61.5 Å². The van der Waals surface area contributed by atoms with Crippen LogP contribution >= 0.6 is 23.4 Å². The number of benzene rings is 3. The number of rotatable bonds is 7. The minimum absolute atomic E-state index is 0.120. The van der Waals surface area contributed by atoms with Gasteiger partial charge in [0, 0.05) is 22.8 Å². The Labute approximate surface area is 195 Å². The van der Waals surface area contributed by atoms with Crippen LogP contribution < -0.4 is 10.9 Å². The molecule has 0 spiro atoms. The Balaban J connectivity index is 1.56. The molecule has 4 rings (SSSR count). The third-order valence-corrected chi connectivity index (χ3v) is 6.16. The summed E-state index contributed by atoms with van der Waals surface area (Å²) in [4.78, 5) is 30.3. The van der Waals surface area contributed by atoms with Crippen LogP contribution in [0.15, 0.2) is 82.7 Å². The quantitative estimate of drug-likeness (QED) is 0.275. The van der Waals surface area contributed by atoms with Crippen molar-refractivity contribution in [3.05, 3.63) is 88.2 Å². The van der Waals surface area contributed by atoms with Crippen molar-refractivity contribution in [2.24, 2.45) is 0 Å². The summed E-state index contributed by atoms with van der Waals surface area (Å²) in [5, 5.41) is 4.55. The molecule has 0 saturated heterocycles. The van der Waals surface area contributed by atoms with Gasteiger partial charge in [-0.3, -0.25) is 14.2 Å². The van der Waals surface area contributed by atoms with E-state index in [2.05, 4.69) is 10.3 Å². The molecule has 1 amide bonds. The number of halogens is 1. The molecule has 32 heavy (non-hydrogen) atoms. The fraction of sp³-hybridized carbons (Fsp3) is 0.160. The zero-order valence-corrected chi connectivity index (χ0v) is 19.1. The first-order valence-corrected chi connectivity index (χ1v) is 11.7. The van der Waals surface area contributed by atoms with E-state index in [0.29, 0.717) is 27.6 Å². The molecule has 162 valence electrons. The molecule has 0 aliphatic heterocycles. The largest absolute Gasteiger partial charge is 0.325 e. The fourth-order valence-electron chi connectivity index (χ4n) is 3.48. The molecule has 0 unspecified atom stereocenters. The molecule has 0 fully saturated rings. The van der Waals surface area contributed by atoms with Crippen molar-refractivity contribution in [2.75, 3.05) is 11.1 Å². The first-order chi connectivity index (χ1) is 15.6. The van der Waals surface area contributed by atoms with Crippen LogP contribution in [0.3, 0.4) is 0 Å². The molecule has 0 bridgehead atoms. The lowest BCUT2D eigenvalue weighted by molar-refractivity contribution is -0.113. The summed E-state index contributed by atoms with van der Waals surface area (Å²) < 4.78 is 1.63. The summed E-state index contributed by atoms with van der Waals surface area (Å²) in [5.41, 5.74) is 3.14. The molecule has 0 aliphatic carbocycles. The van der Waals surface area contributed by atoms with Gasteiger partial charge in [-0.1, -0.05) is 78.8 Å². The maximum Gasteiger partial charge on any atom is 0.262 e. The molecule has 3 aromatic carbocycles. The number of carbonyl (C=O) groups excluding carboxylic acids is 1. The van der Waals surface area contributed by atoms with Gasteiger partial charge in [0.25, 0.3) is 5.56 Å². The molecule has 0 saturated carbocycles. The first kappa shape index (κ1) is 22.1. The summed E-state index contributed by atoms with van der Waals surface area (Å²) in [6.45, 7) is 2.53. The second-order valence-electron chi connectivity index (χ2n) is 7.26. The topological polar surface area (TPSA) is 64.0 Å². The van der Waals surface area contributed by atoms with Gasteiger partial charge in [0.2, 0.25) is 5.91 Å². The second-order valence-corrected chi connectivity index (χ2v) is 8.64. The summed E-state index contributed by atoms with van der Waals surface area (Å²) in [5.74, 6) is -0.0346. The molecular weight excluding hydrogens is 442 g/mol. The van der Waals surface area contributed by atoms with E-state index in [1.54, 1.807) is 22.8 Å². The highest BCUT2D eigenvalue weighted by Gasteiger charge is 2.14. The average Bonchev–Trinajstić information content (AvgIpc) is 2.80. The van der Waals surface area contributed by atoms with Crippen LogP contribution in [0.1, 0.15) is 13.3 Å². The fourth-order valence-corrected chi connectivity index (χ4v) is 4.47. The second kappa shape index (κ2) is 10.0. The normalized spacial score (nSPS) is 10.9. The maximum absolute atomic E-state index is 13.0. The Kier molecular flexibility index (Phi) is 6.93. The zero-order valence-electron chi connectivity index (χ0n) is 17.5. The van der Waals surface area contributed by atoms with Crippen LogP contribution in [0.25, 0.3) is 22.0 Å². The molecule has 7 heteroatoms. The number of thioether (sulfide) groups is 1. The third-order valence-electron chi connectivity index (χ3n) is 4.95. The van der Waals surface area contributed by atoms with Gasteiger partial charge in [-0.15, -0.1) is 0 Å². The Morgan fingerprint density at radius 1 is 1.06 bits per heavy atom. The minimum atomic E-state index is -0.165. The van der Waals surface area contributed by atoms with E-state index in [0.717, 1.165) is 23.2 Å². The standard InChI is InChI=1S/C25H22ClN3O2S/c1-2-14-29-24(31)20-13-12-18(26)15-22(20)28-25(29)32-16-23(30)27-21-11-7-6-10-19(21)17-8-4-3-5-9-17/h3-13,15H,2,14,16H2,1H3,(H,27,30). The number of nitrogens with zero attached hydrogens (tertiary/aromatic N) is 2. The maximum atomic E-state index is 13.0. The van der Waals surface area contributed by atoms with Crippen LogP contribution in [0.2, 0.25) is 5.02 Å². The van der Waals surface area contributed by atoms with Crippen molar-refractivity contribution in [3.63, 3.8) is 0 Å². The van der Waals surface area contributed by atoms with Crippen molar-refractivity contribution < 1.29 is 4.79 Å². The van der Waals surface area contributed by atoms with E-state index in [1.165, 1.54) is 11.8 Å². The highest BCUT2D eigenvalue weighted by molar-refractivity contribution is 7.99. The lowest BCUT2D eigenvalue weighted by Gasteiger charge is -2.13. The summed E-state index contributed by atoms with van der Waals surface area (Å²) >= 11 is 7.34. The van der Waals surface area contributed by atoms with Crippen molar-refractivity contribution in [1.29, 1.82) is 0 Å². The highest BCUT2D eigenvalue weighted by Crippen LogP contribution is 2.28. The Morgan fingerprint density at radius 2 is 1.81 bits per heavy atom. The van der Waals surface area contributed by atoms with Gasteiger partial charge in [0.05, 0.1) is 16.7 Å². The summed E-state index contributed by atoms with van der Waals surface area (Å²) in [6.07, 6.45) is 0.783.